The maximum absolute atomic E-state index is 12.6. The van der Waals surface area contributed by atoms with Gasteiger partial charge in [-0.15, -0.1) is 0 Å². The number of ether oxygens (including phenoxy) is 2. The first kappa shape index (κ1) is 18.2. The van der Waals surface area contributed by atoms with Crippen molar-refractivity contribution in [2.45, 2.75) is 20.3 Å². The zero-order valence-electron chi connectivity index (χ0n) is 13.6. The van der Waals surface area contributed by atoms with Gasteiger partial charge in [0.2, 0.25) is 0 Å². The van der Waals surface area contributed by atoms with Crippen LogP contribution in [0.5, 0.6) is 0 Å². The molecule has 0 bridgehead atoms. The van der Waals surface area contributed by atoms with Crippen molar-refractivity contribution in [1.82, 2.24) is 4.90 Å². The van der Waals surface area contributed by atoms with Gasteiger partial charge in [0.15, 0.2) is 0 Å². The molecule has 0 aromatic heterocycles. The van der Waals surface area contributed by atoms with Gasteiger partial charge >= 0.3 is 5.97 Å². The molecule has 1 amide bonds. The maximum Gasteiger partial charge on any atom is 0.310 e. The number of hydrogen-bond acceptors (Lipinski definition) is 4. The number of hydrogen-bond donors (Lipinski definition) is 0. The molecule has 5 nitrogen and oxygen atoms in total. The zero-order valence-corrected chi connectivity index (χ0v) is 13.6. The Hall–Kier alpha value is -1.88. The normalized spacial score (nSPS) is 11.8. The Morgan fingerprint density at radius 2 is 1.91 bits per heavy atom. The van der Waals surface area contributed by atoms with Crippen molar-refractivity contribution in [2.24, 2.45) is 5.92 Å². The molecular weight excluding hydrogens is 282 g/mol. The lowest BCUT2D eigenvalue weighted by molar-refractivity contribution is -0.145. The lowest BCUT2D eigenvalue weighted by Crippen LogP contribution is -2.38. The van der Waals surface area contributed by atoms with Crippen LogP contribution < -0.4 is 0 Å². The highest BCUT2D eigenvalue weighted by molar-refractivity contribution is 5.94. The van der Waals surface area contributed by atoms with Crippen molar-refractivity contribution in [1.29, 1.82) is 0 Å². The number of carbonyl (C=O) groups is 2. The first-order valence-corrected chi connectivity index (χ1v) is 7.60. The molecule has 0 saturated heterocycles. The summed E-state index contributed by atoms with van der Waals surface area (Å²) in [6, 6.07) is 9.08. The van der Waals surface area contributed by atoms with E-state index >= 15 is 0 Å². The van der Waals surface area contributed by atoms with Crippen LogP contribution in [-0.2, 0) is 14.3 Å². The van der Waals surface area contributed by atoms with E-state index in [1.165, 1.54) is 7.11 Å². The lowest BCUT2D eigenvalue weighted by atomic mass is 10.1. The van der Waals surface area contributed by atoms with Gasteiger partial charge in [-0.25, -0.2) is 0 Å². The number of esters is 1. The summed E-state index contributed by atoms with van der Waals surface area (Å²) < 4.78 is 10.1. The van der Waals surface area contributed by atoms with Crippen molar-refractivity contribution in [3.05, 3.63) is 35.9 Å². The third-order valence-corrected chi connectivity index (χ3v) is 3.33. The van der Waals surface area contributed by atoms with E-state index in [2.05, 4.69) is 0 Å². The van der Waals surface area contributed by atoms with Gasteiger partial charge in [0, 0.05) is 31.9 Å². The lowest BCUT2D eigenvalue weighted by Gasteiger charge is -2.25. The molecule has 0 N–H and O–H groups in total. The molecule has 5 heteroatoms. The third-order valence-electron chi connectivity index (χ3n) is 3.33. The van der Waals surface area contributed by atoms with Gasteiger partial charge < -0.3 is 14.4 Å². The van der Waals surface area contributed by atoms with Crippen molar-refractivity contribution >= 4 is 11.9 Å². The second kappa shape index (κ2) is 9.95. The first-order chi connectivity index (χ1) is 10.6. The number of carbonyl (C=O) groups excluding carboxylic acids is 2. The fourth-order valence-corrected chi connectivity index (χ4v) is 2.15. The van der Waals surface area contributed by atoms with Crippen LogP contribution in [0.3, 0.4) is 0 Å². The minimum Gasteiger partial charge on any atom is -0.469 e. The van der Waals surface area contributed by atoms with E-state index in [0.717, 1.165) is 6.42 Å². The van der Waals surface area contributed by atoms with E-state index in [4.69, 9.17) is 9.47 Å². The summed E-state index contributed by atoms with van der Waals surface area (Å²) in [6.45, 7) is 5.85. The Labute approximate surface area is 132 Å². The summed E-state index contributed by atoms with van der Waals surface area (Å²) in [5.74, 6) is -0.742. The Morgan fingerprint density at radius 3 is 2.50 bits per heavy atom. The Bertz CT molecular complexity index is 461. The Balaban J connectivity index is 2.72. The number of methoxy groups -OCH3 is 1. The number of nitrogens with zero attached hydrogens (tertiary/aromatic N) is 1. The maximum atomic E-state index is 12.6. The van der Waals surface area contributed by atoms with Gasteiger partial charge in [0.25, 0.3) is 5.91 Å². The fraction of sp³-hybridized carbons (Fsp3) is 0.529. The van der Waals surface area contributed by atoms with Gasteiger partial charge in [-0.1, -0.05) is 25.1 Å². The largest absolute Gasteiger partial charge is 0.469 e. The Morgan fingerprint density at radius 1 is 1.23 bits per heavy atom. The molecular formula is C17H25NO4. The summed E-state index contributed by atoms with van der Waals surface area (Å²) >= 11 is 0. The molecule has 0 aliphatic heterocycles. The topological polar surface area (TPSA) is 55.8 Å². The molecule has 0 aliphatic rings. The zero-order chi connectivity index (χ0) is 16.4. The van der Waals surface area contributed by atoms with Gasteiger partial charge in [-0.3, -0.25) is 9.59 Å². The van der Waals surface area contributed by atoms with Gasteiger partial charge in [0.1, 0.15) is 0 Å². The summed E-state index contributed by atoms with van der Waals surface area (Å²) in [4.78, 5) is 25.9. The fourth-order valence-electron chi connectivity index (χ4n) is 2.15. The molecule has 0 heterocycles. The SMILES string of the molecule is CCOCCCN(CC(C)C(=O)OC)C(=O)c1ccccc1. The molecule has 0 radical (unpaired) electrons. The minimum atomic E-state index is -0.357. The van der Waals surface area contributed by atoms with Crippen LogP contribution in [0.1, 0.15) is 30.6 Å². The van der Waals surface area contributed by atoms with Crippen molar-refractivity contribution in [2.75, 3.05) is 33.4 Å². The van der Waals surface area contributed by atoms with Crippen LogP contribution in [0.2, 0.25) is 0 Å². The monoisotopic (exact) mass is 307 g/mol. The molecule has 22 heavy (non-hydrogen) atoms. The van der Waals surface area contributed by atoms with E-state index in [9.17, 15) is 9.59 Å². The van der Waals surface area contributed by atoms with E-state index < -0.39 is 0 Å². The number of rotatable bonds is 9. The van der Waals surface area contributed by atoms with Crippen LogP contribution in [0.4, 0.5) is 0 Å². The van der Waals surface area contributed by atoms with Crippen LogP contribution in [-0.4, -0.2) is 50.2 Å². The third kappa shape index (κ3) is 5.85. The molecule has 0 saturated carbocycles. The van der Waals surface area contributed by atoms with Gasteiger partial charge in [0.05, 0.1) is 13.0 Å². The van der Waals surface area contributed by atoms with Gasteiger partial charge in [-0.2, -0.15) is 0 Å². The van der Waals surface area contributed by atoms with Crippen molar-refractivity contribution in [3.63, 3.8) is 0 Å². The van der Waals surface area contributed by atoms with Crippen LogP contribution in [0.25, 0.3) is 0 Å². The predicted molar refractivity (Wildman–Crippen MR) is 84.6 cm³/mol. The molecule has 1 atom stereocenters. The molecule has 1 aromatic rings. The van der Waals surface area contributed by atoms with E-state index in [0.29, 0.717) is 31.9 Å². The second-order valence-electron chi connectivity index (χ2n) is 5.09. The molecule has 0 spiro atoms. The quantitative estimate of drug-likeness (QED) is 0.519. The van der Waals surface area contributed by atoms with Gasteiger partial charge in [-0.05, 0) is 25.5 Å². The van der Waals surface area contributed by atoms with Crippen molar-refractivity contribution < 1.29 is 19.1 Å². The molecule has 1 rings (SSSR count). The summed E-state index contributed by atoms with van der Waals surface area (Å²) in [5, 5.41) is 0. The molecule has 0 aliphatic carbocycles. The molecule has 0 fully saturated rings. The second-order valence-corrected chi connectivity index (χ2v) is 5.09. The standard InChI is InChI=1S/C17H25NO4/c1-4-22-12-8-11-18(13-14(2)17(20)21-3)16(19)15-9-6-5-7-10-15/h5-7,9-10,14H,4,8,11-13H2,1-3H3. The minimum absolute atomic E-state index is 0.0761. The molecule has 1 aromatic carbocycles. The van der Waals surface area contributed by atoms with Crippen LogP contribution >= 0.6 is 0 Å². The van der Waals surface area contributed by atoms with E-state index in [-0.39, 0.29) is 17.8 Å². The smallest absolute Gasteiger partial charge is 0.310 e. The summed E-state index contributed by atoms with van der Waals surface area (Å²) in [5.41, 5.74) is 0.621. The highest BCUT2D eigenvalue weighted by atomic mass is 16.5. The average molecular weight is 307 g/mol. The number of benzene rings is 1. The highest BCUT2D eigenvalue weighted by Crippen LogP contribution is 2.10. The van der Waals surface area contributed by atoms with E-state index in [1.54, 1.807) is 24.0 Å². The summed E-state index contributed by atoms with van der Waals surface area (Å²) in [7, 11) is 1.36. The highest BCUT2D eigenvalue weighted by Gasteiger charge is 2.22. The first-order valence-electron chi connectivity index (χ1n) is 7.60. The predicted octanol–water partition coefficient (Wildman–Crippen LogP) is 2.36. The molecule has 122 valence electrons. The average Bonchev–Trinajstić information content (AvgIpc) is 2.56. The van der Waals surface area contributed by atoms with E-state index in [1.807, 2.05) is 25.1 Å². The summed E-state index contributed by atoms with van der Waals surface area (Å²) in [6.07, 6.45) is 0.736. The van der Waals surface area contributed by atoms with Crippen molar-refractivity contribution in [3.8, 4) is 0 Å². The van der Waals surface area contributed by atoms with Crippen LogP contribution in [0.15, 0.2) is 30.3 Å². The Kier molecular flexibility index (Phi) is 8.22. The van der Waals surface area contributed by atoms with Crippen LogP contribution in [0, 0.1) is 5.92 Å². The molecule has 1 unspecified atom stereocenters. The number of amides is 1.